The number of hydrogen-bond acceptors (Lipinski definition) is 7. The molecule has 0 aliphatic rings. The van der Waals surface area contributed by atoms with Crippen molar-refractivity contribution in [3.8, 4) is 5.75 Å². The number of nitro groups is 1. The molecule has 0 fully saturated rings. The molecule has 0 aliphatic heterocycles. The first-order chi connectivity index (χ1) is 11.0. The number of nitrogens with zero attached hydrogens (tertiary/aromatic N) is 2. The molecule has 1 unspecified atom stereocenters. The molecule has 0 spiro atoms. The van der Waals surface area contributed by atoms with Crippen LogP contribution in [0.2, 0.25) is 0 Å². The van der Waals surface area contributed by atoms with Gasteiger partial charge >= 0.3 is 12.3 Å². The molecule has 0 radical (unpaired) electrons. The maximum atomic E-state index is 12.4. The molecule has 1 aromatic carbocycles. The van der Waals surface area contributed by atoms with Crippen LogP contribution >= 0.6 is 11.3 Å². The number of anilines is 1. The Morgan fingerprint density at radius 3 is 2.83 bits per heavy atom. The average molecular weight is 345 g/mol. The molecule has 124 valence electrons. The van der Waals surface area contributed by atoms with Crippen LogP contribution in [-0.4, -0.2) is 34.3 Å². The van der Waals surface area contributed by atoms with Gasteiger partial charge in [0, 0.05) is 35.8 Å². The fourth-order valence-corrected chi connectivity index (χ4v) is 2.60. The molecule has 2 rings (SSSR count). The highest BCUT2D eigenvalue weighted by atomic mass is 32.1. The van der Waals surface area contributed by atoms with Crippen molar-refractivity contribution in [2.45, 2.75) is 19.1 Å². The Balaban J connectivity index is 2.16. The number of hydrogen-bond donors (Lipinski definition) is 2. The maximum absolute atomic E-state index is 12.4. The van der Waals surface area contributed by atoms with Crippen LogP contribution in [0.3, 0.4) is 0 Å². The third-order valence-electron chi connectivity index (χ3n) is 2.87. The van der Waals surface area contributed by atoms with Crippen LogP contribution in [0.25, 0.3) is 0 Å². The van der Waals surface area contributed by atoms with E-state index in [4.69, 9.17) is 0 Å². The summed E-state index contributed by atoms with van der Waals surface area (Å²) in [6.07, 6.45) is 2.06. The van der Waals surface area contributed by atoms with Crippen LogP contribution in [0.5, 0.6) is 5.75 Å². The van der Waals surface area contributed by atoms with Gasteiger partial charge in [0.1, 0.15) is 0 Å². The minimum atomic E-state index is -3.17. The normalized spacial score (nSPS) is 12.2. The van der Waals surface area contributed by atoms with Crippen molar-refractivity contribution in [3.63, 3.8) is 0 Å². The largest absolute Gasteiger partial charge is 0.427 e. The number of thiazole rings is 1. The number of halogens is 2. The van der Waals surface area contributed by atoms with E-state index in [2.05, 4.69) is 15.0 Å². The van der Waals surface area contributed by atoms with E-state index in [1.807, 2.05) is 0 Å². The van der Waals surface area contributed by atoms with Gasteiger partial charge < -0.3 is 15.2 Å². The van der Waals surface area contributed by atoms with Gasteiger partial charge in [-0.05, 0) is 6.07 Å². The Morgan fingerprint density at radius 1 is 1.48 bits per heavy atom. The van der Waals surface area contributed by atoms with Gasteiger partial charge in [0.05, 0.1) is 22.6 Å². The summed E-state index contributed by atoms with van der Waals surface area (Å²) in [4.78, 5) is 14.1. The summed E-state index contributed by atoms with van der Waals surface area (Å²) in [6.45, 7) is -3.39. The molecule has 10 heteroatoms. The Kier molecular flexibility index (Phi) is 5.77. The zero-order chi connectivity index (χ0) is 16.8. The SMILES string of the molecule is O=[N+]([O-])c1ccc(NC(CO)Cc2nccs2)cc1OC(F)F. The van der Waals surface area contributed by atoms with E-state index in [-0.39, 0.29) is 6.61 Å². The summed E-state index contributed by atoms with van der Waals surface area (Å²) in [7, 11) is 0. The second kappa shape index (κ2) is 7.79. The van der Waals surface area contributed by atoms with Gasteiger partial charge in [0.25, 0.3) is 0 Å². The average Bonchev–Trinajstić information content (AvgIpc) is 2.98. The molecule has 0 saturated heterocycles. The minimum Gasteiger partial charge on any atom is -0.427 e. The molecular weight excluding hydrogens is 332 g/mol. The van der Waals surface area contributed by atoms with Crippen molar-refractivity contribution in [1.82, 2.24) is 4.98 Å². The molecule has 0 bridgehead atoms. The number of nitrogens with one attached hydrogen (secondary N) is 1. The van der Waals surface area contributed by atoms with Gasteiger partial charge in [0.15, 0.2) is 0 Å². The van der Waals surface area contributed by atoms with Crippen LogP contribution in [-0.2, 0) is 6.42 Å². The van der Waals surface area contributed by atoms with Crippen LogP contribution in [0.15, 0.2) is 29.8 Å². The van der Waals surface area contributed by atoms with Crippen molar-refractivity contribution >= 4 is 22.7 Å². The third-order valence-corrected chi connectivity index (χ3v) is 3.67. The van der Waals surface area contributed by atoms with E-state index < -0.39 is 29.0 Å². The van der Waals surface area contributed by atoms with E-state index in [1.54, 1.807) is 11.6 Å². The van der Waals surface area contributed by atoms with Crippen molar-refractivity contribution in [1.29, 1.82) is 0 Å². The lowest BCUT2D eigenvalue weighted by molar-refractivity contribution is -0.386. The Labute approximate surface area is 133 Å². The van der Waals surface area contributed by atoms with Crippen LogP contribution in [0.4, 0.5) is 20.2 Å². The fraction of sp³-hybridized carbons (Fsp3) is 0.308. The third kappa shape index (κ3) is 4.83. The molecule has 1 heterocycles. The van der Waals surface area contributed by atoms with Crippen LogP contribution in [0, 0.1) is 10.1 Å². The molecule has 0 saturated carbocycles. The van der Waals surface area contributed by atoms with Crippen molar-refractivity contribution in [2.75, 3.05) is 11.9 Å². The number of aliphatic hydroxyl groups excluding tert-OH is 1. The summed E-state index contributed by atoms with van der Waals surface area (Å²) >= 11 is 1.42. The number of rotatable bonds is 8. The predicted octanol–water partition coefficient (Wildman–Crippen LogP) is 2.67. The van der Waals surface area contributed by atoms with Crippen LogP contribution in [0.1, 0.15) is 5.01 Å². The lowest BCUT2D eigenvalue weighted by atomic mass is 10.2. The Bertz CT molecular complexity index is 655. The number of nitro benzene ring substituents is 1. The van der Waals surface area contributed by atoms with Crippen molar-refractivity contribution < 1.29 is 23.5 Å². The Morgan fingerprint density at radius 2 is 2.26 bits per heavy atom. The molecule has 2 aromatic rings. The predicted molar refractivity (Wildman–Crippen MR) is 80.0 cm³/mol. The highest BCUT2D eigenvalue weighted by Crippen LogP contribution is 2.31. The van der Waals surface area contributed by atoms with E-state index in [1.165, 1.54) is 17.4 Å². The topological polar surface area (TPSA) is 97.5 Å². The highest BCUT2D eigenvalue weighted by Gasteiger charge is 2.20. The number of ether oxygens (including phenoxy) is 1. The second-order valence-corrected chi connectivity index (χ2v) is 5.45. The van der Waals surface area contributed by atoms with Gasteiger partial charge in [-0.2, -0.15) is 8.78 Å². The number of aliphatic hydroxyl groups is 1. The van der Waals surface area contributed by atoms with E-state index in [0.717, 1.165) is 17.1 Å². The van der Waals surface area contributed by atoms with Crippen molar-refractivity contribution in [2.24, 2.45) is 0 Å². The highest BCUT2D eigenvalue weighted by molar-refractivity contribution is 7.09. The summed E-state index contributed by atoms with van der Waals surface area (Å²) in [5.74, 6) is -0.541. The van der Waals surface area contributed by atoms with Gasteiger partial charge in [-0.1, -0.05) is 0 Å². The number of aromatic nitrogens is 1. The van der Waals surface area contributed by atoms with Crippen molar-refractivity contribution in [3.05, 3.63) is 44.9 Å². The summed E-state index contributed by atoms with van der Waals surface area (Å²) in [5, 5.41) is 25.7. The van der Waals surface area contributed by atoms with E-state index in [0.29, 0.717) is 12.1 Å². The van der Waals surface area contributed by atoms with Gasteiger partial charge in [0.2, 0.25) is 5.75 Å². The number of benzene rings is 1. The fourth-order valence-electron chi connectivity index (χ4n) is 1.91. The molecule has 0 aliphatic carbocycles. The smallest absolute Gasteiger partial charge is 0.387 e. The second-order valence-electron chi connectivity index (χ2n) is 4.47. The van der Waals surface area contributed by atoms with Gasteiger partial charge in [-0.25, -0.2) is 4.98 Å². The minimum absolute atomic E-state index is 0.221. The standard InChI is InChI=1S/C13H13F2N3O4S/c14-13(15)22-11-5-8(1-2-10(11)18(20)21)17-9(7-19)6-12-16-3-4-23-12/h1-5,9,13,17,19H,6-7H2. The zero-order valence-corrected chi connectivity index (χ0v) is 12.5. The molecule has 1 aromatic heterocycles. The van der Waals surface area contributed by atoms with Gasteiger partial charge in [-0.3, -0.25) is 10.1 Å². The first kappa shape index (κ1) is 17.0. The van der Waals surface area contributed by atoms with Crippen LogP contribution < -0.4 is 10.1 Å². The van der Waals surface area contributed by atoms with E-state index >= 15 is 0 Å². The molecule has 7 nitrogen and oxygen atoms in total. The molecule has 23 heavy (non-hydrogen) atoms. The summed E-state index contributed by atoms with van der Waals surface area (Å²) in [6, 6.07) is 3.12. The van der Waals surface area contributed by atoms with E-state index in [9.17, 15) is 24.0 Å². The Hall–Kier alpha value is -2.33. The molecule has 0 amide bonds. The molecule has 1 atom stereocenters. The first-order valence-corrected chi connectivity index (χ1v) is 7.36. The maximum Gasteiger partial charge on any atom is 0.387 e. The summed E-state index contributed by atoms with van der Waals surface area (Å²) in [5.41, 5.74) is -0.238. The lowest BCUT2D eigenvalue weighted by Gasteiger charge is -2.17. The summed E-state index contributed by atoms with van der Waals surface area (Å²) < 4.78 is 28.9. The molecular formula is C13H13F2N3O4S. The first-order valence-electron chi connectivity index (χ1n) is 6.48. The lowest BCUT2D eigenvalue weighted by Crippen LogP contribution is -2.26. The quantitative estimate of drug-likeness (QED) is 0.564. The molecule has 2 N–H and O–H groups in total. The monoisotopic (exact) mass is 345 g/mol. The zero-order valence-electron chi connectivity index (χ0n) is 11.7. The number of alkyl halides is 2. The van der Waals surface area contributed by atoms with Gasteiger partial charge in [-0.15, -0.1) is 11.3 Å².